The summed E-state index contributed by atoms with van der Waals surface area (Å²) in [7, 11) is 0. The summed E-state index contributed by atoms with van der Waals surface area (Å²) < 4.78 is 4.84. The fourth-order valence-corrected chi connectivity index (χ4v) is 3.02. The zero-order valence-electron chi connectivity index (χ0n) is 11.4. The number of para-hydroxylation sites is 3. The Morgan fingerprint density at radius 2 is 1.55 bits per heavy atom. The van der Waals surface area contributed by atoms with E-state index in [2.05, 4.69) is 15.2 Å². The largest absolute Gasteiger partial charge is 0.330 e. The number of aromatic nitrogens is 5. The van der Waals surface area contributed by atoms with Gasteiger partial charge in [0.15, 0.2) is 4.77 Å². The molecule has 4 rings (SSSR count). The molecular weight excluding hydrogens is 314 g/mol. The van der Waals surface area contributed by atoms with Crippen LogP contribution >= 0.6 is 24.4 Å². The Morgan fingerprint density at radius 3 is 2.36 bits per heavy atom. The van der Waals surface area contributed by atoms with Gasteiger partial charge in [-0.25, -0.2) is 5.10 Å². The molecule has 0 radical (unpaired) electrons. The van der Waals surface area contributed by atoms with Crippen molar-refractivity contribution in [3.63, 3.8) is 0 Å². The van der Waals surface area contributed by atoms with Crippen LogP contribution in [0.25, 0.3) is 22.7 Å². The van der Waals surface area contributed by atoms with Crippen molar-refractivity contribution in [3.8, 4) is 11.6 Å². The molecule has 0 aliphatic carbocycles. The van der Waals surface area contributed by atoms with Gasteiger partial charge in [-0.3, -0.25) is 9.13 Å². The van der Waals surface area contributed by atoms with E-state index in [4.69, 9.17) is 24.4 Å². The van der Waals surface area contributed by atoms with Gasteiger partial charge in [0.1, 0.15) is 0 Å². The highest BCUT2D eigenvalue weighted by molar-refractivity contribution is 7.71. The number of fused-ring (bicyclic) bond motifs is 1. The number of aromatic amines is 2. The van der Waals surface area contributed by atoms with Crippen LogP contribution in [-0.4, -0.2) is 24.3 Å². The molecule has 4 aromatic rings. The molecule has 0 saturated heterocycles. The molecule has 108 valence electrons. The Kier molecular flexibility index (Phi) is 3.02. The van der Waals surface area contributed by atoms with Crippen molar-refractivity contribution in [1.29, 1.82) is 0 Å². The molecule has 0 saturated carbocycles. The number of nitrogens with one attached hydrogen (secondary N) is 2. The van der Waals surface area contributed by atoms with E-state index < -0.39 is 0 Å². The standard InChI is InChI=1S/C15H11N5S2/c21-14-16-11-8-4-5-9-12(11)20(14)13-17-18-15(22)19(13)10-6-2-1-3-7-10/h1-9H,(H,16,21)(H,18,22). The van der Waals surface area contributed by atoms with Crippen LogP contribution in [0.4, 0.5) is 0 Å². The van der Waals surface area contributed by atoms with E-state index in [0.717, 1.165) is 16.7 Å². The predicted molar refractivity (Wildman–Crippen MR) is 90.8 cm³/mol. The van der Waals surface area contributed by atoms with Crippen molar-refractivity contribution in [2.24, 2.45) is 0 Å². The summed E-state index contributed by atoms with van der Waals surface area (Å²) in [6.45, 7) is 0. The summed E-state index contributed by atoms with van der Waals surface area (Å²) in [6, 6.07) is 17.8. The SMILES string of the molecule is S=c1[nH]nc(-n2c(=S)[nH]c3ccccc32)n1-c1ccccc1. The molecule has 0 unspecified atom stereocenters. The molecule has 0 spiro atoms. The minimum atomic E-state index is 0.522. The first kappa shape index (κ1) is 13.2. The molecule has 0 aliphatic heterocycles. The van der Waals surface area contributed by atoms with Crippen LogP contribution in [0.2, 0.25) is 0 Å². The highest BCUT2D eigenvalue weighted by Gasteiger charge is 2.14. The summed E-state index contributed by atoms with van der Waals surface area (Å²) >= 11 is 10.8. The van der Waals surface area contributed by atoms with E-state index >= 15 is 0 Å². The van der Waals surface area contributed by atoms with E-state index in [1.807, 2.05) is 63.7 Å². The van der Waals surface area contributed by atoms with E-state index in [-0.39, 0.29) is 0 Å². The van der Waals surface area contributed by atoms with Crippen molar-refractivity contribution < 1.29 is 0 Å². The third kappa shape index (κ3) is 1.94. The summed E-state index contributed by atoms with van der Waals surface area (Å²) in [4.78, 5) is 3.19. The van der Waals surface area contributed by atoms with Crippen molar-refractivity contribution in [3.05, 3.63) is 64.1 Å². The van der Waals surface area contributed by atoms with Gasteiger partial charge in [0.25, 0.3) is 0 Å². The quantitative estimate of drug-likeness (QED) is 0.549. The minimum Gasteiger partial charge on any atom is -0.330 e. The molecule has 2 N–H and O–H groups in total. The van der Waals surface area contributed by atoms with Gasteiger partial charge < -0.3 is 4.98 Å². The first-order valence-electron chi connectivity index (χ1n) is 6.69. The Balaban J connectivity index is 2.08. The summed E-state index contributed by atoms with van der Waals surface area (Å²) in [6.07, 6.45) is 0. The van der Waals surface area contributed by atoms with E-state index in [1.54, 1.807) is 0 Å². The van der Waals surface area contributed by atoms with Crippen LogP contribution in [0.15, 0.2) is 54.6 Å². The van der Waals surface area contributed by atoms with Crippen LogP contribution in [0, 0.1) is 9.54 Å². The minimum absolute atomic E-state index is 0.522. The number of rotatable bonds is 2. The smallest absolute Gasteiger partial charge is 0.241 e. The number of hydrogen-bond donors (Lipinski definition) is 2. The van der Waals surface area contributed by atoms with Crippen LogP contribution in [0.5, 0.6) is 0 Å². The van der Waals surface area contributed by atoms with Gasteiger partial charge in [0, 0.05) is 0 Å². The van der Waals surface area contributed by atoms with Crippen molar-refractivity contribution in [2.75, 3.05) is 0 Å². The molecular formula is C15H11N5S2. The van der Waals surface area contributed by atoms with E-state index in [9.17, 15) is 0 Å². The molecule has 0 aliphatic rings. The molecule has 5 nitrogen and oxygen atoms in total. The molecule has 0 fully saturated rings. The van der Waals surface area contributed by atoms with Gasteiger partial charge in [0.2, 0.25) is 10.7 Å². The maximum absolute atomic E-state index is 5.46. The summed E-state index contributed by atoms with van der Waals surface area (Å²) in [5.74, 6) is 0.638. The predicted octanol–water partition coefficient (Wildman–Crippen LogP) is 3.93. The highest BCUT2D eigenvalue weighted by atomic mass is 32.1. The second kappa shape index (κ2) is 5.04. The first-order valence-corrected chi connectivity index (χ1v) is 7.50. The van der Waals surface area contributed by atoms with Gasteiger partial charge in [-0.2, -0.15) is 0 Å². The van der Waals surface area contributed by atoms with Gasteiger partial charge >= 0.3 is 0 Å². The Hall–Kier alpha value is -2.51. The molecule has 2 aromatic heterocycles. The van der Waals surface area contributed by atoms with E-state index in [1.165, 1.54) is 0 Å². The van der Waals surface area contributed by atoms with Gasteiger partial charge in [0.05, 0.1) is 16.7 Å². The average Bonchev–Trinajstić information content (AvgIpc) is 3.07. The van der Waals surface area contributed by atoms with Crippen molar-refractivity contribution in [1.82, 2.24) is 24.3 Å². The number of H-pyrrole nitrogens is 2. The topological polar surface area (TPSA) is 54.3 Å². The number of hydrogen-bond acceptors (Lipinski definition) is 3. The normalized spacial score (nSPS) is 11.1. The van der Waals surface area contributed by atoms with Gasteiger partial charge in [-0.15, -0.1) is 5.10 Å². The van der Waals surface area contributed by atoms with Gasteiger partial charge in [-0.1, -0.05) is 30.3 Å². The third-order valence-electron chi connectivity index (χ3n) is 3.46. The molecule has 2 aromatic carbocycles. The molecule has 7 heteroatoms. The second-order valence-electron chi connectivity index (χ2n) is 4.78. The summed E-state index contributed by atoms with van der Waals surface area (Å²) in [5, 5.41) is 7.22. The fraction of sp³-hybridized carbons (Fsp3) is 0. The lowest BCUT2D eigenvalue weighted by molar-refractivity contribution is 0.888. The highest BCUT2D eigenvalue weighted by Crippen LogP contribution is 2.20. The molecule has 0 amide bonds. The zero-order chi connectivity index (χ0) is 15.1. The lowest BCUT2D eigenvalue weighted by Gasteiger charge is -2.07. The van der Waals surface area contributed by atoms with Gasteiger partial charge in [-0.05, 0) is 48.7 Å². The summed E-state index contributed by atoms with van der Waals surface area (Å²) in [5.41, 5.74) is 2.85. The molecule has 0 bridgehead atoms. The third-order valence-corrected chi connectivity index (χ3v) is 4.02. The Labute approximate surface area is 135 Å². The van der Waals surface area contributed by atoms with Crippen LogP contribution in [0.1, 0.15) is 0 Å². The lowest BCUT2D eigenvalue weighted by atomic mass is 10.3. The monoisotopic (exact) mass is 325 g/mol. The lowest BCUT2D eigenvalue weighted by Crippen LogP contribution is -2.05. The average molecular weight is 325 g/mol. The number of benzene rings is 2. The molecule has 22 heavy (non-hydrogen) atoms. The Morgan fingerprint density at radius 1 is 0.818 bits per heavy atom. The molecule has 2 heterocycles. The van der Waals surface area contributed by atoms with Crippen molar-refractivity contribution >= 4 is 35.5 Å². The van der Waals surface area contributed by atoms with Crippen LogP contribution in [-0.2, 0) is 0 Å². The molecule has 0 atom stereocenters. The maximum atomic E-state index is 5.46. The van der Waals surface area contributed by atoms with Crippen molar-refractivity contribution in [2.45, 2.75) is 0 Å². The van der Waals surface area contributed by atoms with E-state index in [0.29, 0.717) is 15.5 Å². The Bertz CT molecular complexity index is 1070. The fourth-order valence-electron chi connectivity index (χ4n) is 2.50. The number of imidazole rings is 1. The van der Waals surface area contributed by atoms with Crippen LogP contribution < -0.4 is 0 Å². The maximum Gasteiger partial charge on any atom is 0.241 e. The zero-order valence-corrected chi connectivity index (χ0v) is 13.0. The number of nitrogens with zero attached hydrogens (tertiary/aromatic N) is 3. The second-order valence-corrected chi connectivity index (χ2v) is 5.56. The first-order chi connectivity index (χ1) is 10.8. The van der Waals surface area contributed by atoms with Crippen LogP contribution in [0.3, 0.4) is 0 Å².